The molecule has 9 nitrogen and oxygen atoms in total. The summed E-state index contributed by atoms with van der Waals surface area (Å²) in [5.41, 5.74) is 8.92. The number of nitrogens with one attached hydrogen (secondary N) is 5. The Morgan fingerprint density at radius 2 is 1.81 bits per heavy atom. The molecule has 10 heteroatoms. The number of benzene rings is 2. The molecule has 1 amide bonds. The minimum atomic E-state index is -0.432. The van der Waals surface area contributed by atoms with Crippen molar-refractivity contribution in [3.63, 3.8) is 0 Å². The number of carbonyl (C=O) groups is 1. The molecule has 4 aromatic rings. The first-order valence-electron chi connectivity index (χ1n) is 12.0. The largest absolute Gasteiger partial charge is 0.355 e. The highest BCUT2D eigenvalue weighted by Crippen LogP contribution is 2.30. The molecule has 0 bridgehead atoms. The number of H-pyrrole nitrogens is 1. The van der Waals surface area contributed by atoms with Gasteiger partial charge in [-0.3, -0.25) is 14.9 Å². The fourth-order valence-corrected chi connectivity index (χ4v) is 3.52. The molecule has 37 heavy (non-hydrogen) atoms. The smallest absolute Gasteiger partial charge is 0.251 e. The summed E-state index contributed by atoms with van der Waals surface area (Å²) in [5.74, 6) is -0.110. The van der Waals surface area contributed by atoms with Gasteiger partial charge in [0, 0.05) is 41.8 Å². The van der Waals surface area contributed by atoms with E-state index in [1.807, 2.05) is 26.8 Å². The number of rotatable bonds is 8. The lowest BCUT2D eigenvalue weighted by Crippen LogP contribution is -2.19. The number of aryl methyl sites for hydroxylation is 1. The zero-order chi connectivity index (χ0) is 27.4. The van der Waals surface area contributed by atoms with E-state index in [9.17, 15) is 9.18 Å². The van der Waals surface area contributed by atoms with Crippen molar-refractivity contribution in [3.8, 4) is 0 Å². The number of carbonyl (C=O) groups excluding carboxylic acids is 1. The van der Waals surface area contributed by atoms with E-state index in [2.05, 4.69) is 48.8 Å². The van der Waals surface area contributed by atoms with Gasteiger partial charge in [0.1, 0.15) is 11.6 Å². The number of halogens is 1. The zero-order valence-electron chi connectivity index (χ0n) is 21.9. The molecule has 0 radical (unpaired) electrons. The Kier molecular flexibility index (Phi) is 11.1. The Bertz CT molecular complexity index is 1320. The van der Waals surface area contributed by atoms with Gasteiger partial charge in [0.25, 0.3) is 5.91 Å². The highest BCUT2D eigenvalue weighted by molar-refractivity contribution is 6.02. The van der Waals surface area contributed by atoms with E-state index in [1.54, 1.807) is 49.9 Å². The molecule has 0 saturated carbocycles. The van der Waals surface area contributed by atoms with E-state index in [4.69, 9.17) is 0 Å². The Morgan fingerprint density at radius 3 is 2.43 bits per heavy atom. The van der Waals surface area contributed by atoms with E-state index >= 15 is 0 Å². The standard InChI is InChI=1S/C24H24FN7O.C2H6.CH5N/c1-4-15-9-19-21(7-8-27-23(19)11-18(15)24(33)26-3)32-22-6-5-16(10-20(22)25)30-14(2)31-17-12-28-29-13-17;2*1-2/h5-13,30-31H,2,4H2,1,3H3,(H,26,33)(H,27,32)(H,28,29);1-2H3;2H2,1H3. The molecule has 196 valence electrons. The van der Waals surface area contributed by atoms with Crippen LogP contribution in [0.5, 0.6) is 0 Å². The normalized spacial score (nSPS) is 9.81. The maximum absolute atomic E-state index is 14.9. The Hall–Kier alpha value is -4.44. The molecular weight excluding hydrogens is 471 g/mol. The van der Waals surface area contributed by atoms with Crippen LogP contribution < -0.4 is 27.0 Å². The van der Waals surface area contributed by atoms with Gasteiger partial charge in [-0.1, -0.05) is 27.4 Å². The third-order valence-electron chi connectivity index (χ3n) is 5.15. The third kappa shape index (κ3) is 7.28. The Balaban J connectivity index is 0.00000115. The van der Waals surface area contributed by atoms with Gasteiger partial charge in [0.2, 0.25) is 0 Å². The van der Waals surface area contributed by atoms with Crippen LogP contribution in [0.3, 0.4) is 0 Å². The van der Waals surface area contributed by atoms with Crippen LogP contribution in [-0.4, -0.2) is 35.2 Å². The number of nitrogens with zero attached hydrogens (tertiary/aromatic N) is 2. The van der Waals surface area contributed by atoms with E-state index in [0.29, 0.717) is 40.4 Å². The summed E-state index contributed by atoms with van der Waals surface area (Å²) in [4.78, 5) is 16.6. The van der Waals surface area contributed by atoms with Crippen LogP contribution in [0.15, 0.2) is 67.4 Å². The minimum absolute atomic E-state index is 0.160. The third-order valence-corrected chi connectivity index (χ3v) is 5.15. The SMILES string of the molecule is C=C(Nc1cn[nH]c1)Nc1ccc(Nc2ccnc3cc(C(=O)NC)c(CC)cc23)c(F)c1.CC.CN. The second kappa shape index (κ2) is 14.2. The van der Waals surface area contributed by atoms with Crippen LogP contribution in [0.1, 0.15) is 36.7 Å². The zero-order valence-corrected chi connectivity index (χ0v) is 21.9. The van der Waals surface area contributed by atoms with E-state index < -0.39 is 5.82 Å². The van der Waals surface area contributed by atoms with Crippen LogP contribution in [0.2, 0.25) is 0 Å². The number of amides is 1. The van der Waals surface area contributed by atoms with Gasteiger partial charge < -0.3 is 27.0 Å². The van der Waals surface area contributed by atoms with Crippen molar-refractivity contribution in [2.24, 2.45) is 5.73 Å². The summed E-state index contributed by atoms with van der Waals surface area (Å²) in [5, 5.41) is 19.2. The molecule has 0 aliphatic carbocycles. The average Bonchev–Trinajstić information content (AvgIpc) is 3.44. The number of nitrogens with two attached hydrogens (primary N) is 1. The highest BCUT2D eigenvalue weighted by atomic mass is 19.1. The molecule has 0 saturated heterocycles. The molecule has 7 N–H and O–H groups in total. The fourth-order valence-electron chi connectivity index (χ4n) is 3.52. The lowest BCUT2D eigenvalue weighted by molar-refractivity contribution is 0.0962. The van der Waals surface area contributed by atoms with Crippen molar-refractivity contribution in [2.75, 3.05) is 30.0 Å². The van der Waals surface area contributed by atoms with Crippen molar-refractivity contribution < 1.29 is 9.18 Å². The predicted octanol–water partition coefficient (Wildman–Crippen LogP) is 5.36. The topological polar surface area (TPSA) is 133 Å². The summed E-state index contributed by atoms with van der Waals surface area (Å²) >= 11 is 0. The van der Waals surface area contributed by atoms with Crippen molar-refractivity contribution in [2.45, 2.75) is 27.2 Å². The number of fused-ring (bicyclic) bond motifs is 1. The number of aromatic amines is 1. The van der Waals surface area contributed by atoms with Gasteiger partial charge in [-0.2, -0.15) is 5.10 Å². The summed E-state index contributed by atoms with van der Waals surface area (Å²) in [6.45, 7) is 9.87. The summed E-state index contributed by atoms with van der Waals surface area (Å²) in [6, 6.07) is 10.3. The number of hydrogen-bond donors (Lipinski definition) is 6. The quantitative estimate of drug-likeness (QED) is 0.190. The van der Waals surface area contributed by atoms with E-state index in [0.717, 1.165) is 16.6 Å². The number of pyridine rings is 1. The average molecular weight is 507 g/mol. The second-order valence-electron chi connectivity index (χ2n) is 7.35. The van der Waals surface area contributed by atoms with Gasteiger partial charge in [-0.25, -0.2) is 4.39 Å². The molecule has 0 unspecified atom stereocenters. The lowest BCUT2D eigenvalue weighted by atomic mass is 10.00. The van der Waals surface area contributed by atoms with Crippen LogP contribution in [0, 0.1) is 5.82 Å². The molecule has 4 rings (SSSR count). The van der Waals surface area contributed by atoms with Crippen LogP contribution in [-0.2, 0) is 6.42 Å². The molecular formula is C27H35FN8O. The van der Waals surface area contributed by atoms with Gasteiger partial charge in [0.15, 0.2) is 0 Å². The van der Waals surface area contributed by atoms with Gasteiger partial charge in [-0.15, -0.1) is 0 Å². The molecule has 2 aromatic heterocycles. The van der Waals surface area contributed by atoms with E-state index in [-0.39, 0.29) is 5.91 Å². The molecule has 0 aliphatic heterocycles. The Labute approximate surface area is 216 Å². The molecule has 0 atom stereocenters. The molecule has 2 heterocycles. The molecule has 2 aromatic carbocycles. The van der Waals surface area contributed by atoms with Crippen LogP contribution in [0.25, 0.3) is 10.9 Å². The highest BCUT2D eigenvalue weighted by Gasteiger charge is 2.14. The summed E-state index contributed by atoms with van der Waals surface area (Å²) in [6.07, 6.45) is 5.60. The molecule has 0 aliphatic rings. The number of anilines is 4. The predicted molar refractivity (Wildman–Crippen MR) is 151 cm³/mol. The number of aromatic nitrogens is 3. The van der Waals surface area contributed by atoms with E-state index in [1.165, 1.54) is 13.1 Å². The van der Waals surface area contributed by atoms with Crippen molar-refractivity contribution in [1.82, 2.24) is 20.5 Å². The number of hydrogen-bond acceptors (Lipinski definition) is 7. The molecule has 0 spiro atoms. The van der Waals surface area contributed by atoms with Crippen molar-refractivity contribution in [3.05, 3.63) is 84.3 Å². The maximum atomic E-state index is 14.9. The van der Waals surface area contributed by atoms with Crippen molar-refractivity contribution >= 4 is 39.6 Å². The second-order valence-corrected chi connectivity index (χ2v) is 7.35. The van der Waals surface area contributed by atoms with Gasteiger partial charge in [0.05, 0.1) is 23.1 Å². The van der Waals surface area contributed by atoms with Gasteiger partial charge >= 0.3 is 0 Å². The first-order valence-corrected chi connectivity index (χ1v) is 12.0. The summed E-state index contributed by atoms with van der Waals surface area (Å²) in [7, 11) is 3.10. The fraction of sp³-hybridized carbons (Fsp3) is 0.222. The first kappa shape index (κ1) is 28.8. The Morgan fingerprint density at radius 1 is 1.08 bits per heavy atom. The van der Waals surface area contributed by atoms with Crippen LogP contribution in [0.4, 0.5) is 27.1 Å². The van der Waals surface area contributed by atoms with Gasteiger partial charge in [-0.05, 0) is 55.4 Å². The molecule has 0 fully saturated rings. The first-order chi connectivity index (χ1) is 18.0. The van der Waals surface area contributed by atoms with Crippen LogP contribution >= 0.6 is 0 Å². The summed E-state index contributed by atoms with van der Waals surface area (Å²) < 4.78 is 14.9. The monoisotopic (exact) mass is 506 g/mol. The minimum Gasteiger partial charge on any atom is -0.355 e. The maximum Gasteiger partial charge on any atom is 0.251 e. The lowest BCUT2D eigenvalue weighted by Gasteiger charge is -2.15. The van der Waals surface area contributed by atoms with Crippen molar-refractivity contribution in [1.29, 1.82) is 0 Å².